The molecule has 1 aliphatic rings. The van der Waals surface area contributed by atoms with Crippen molar-refractivity contribution in [2.45, 2.75) is 85.6 Å². The van der Waals surface area contributed by atoms with Crippen LogP contribution in [0.15, 0.2) is 0 Å². The Bertz CT molecular complexity index is 214. The zero-order valence-corrected chi connectivity index (χ0v) is 13.4. The van der Waals surface area contributed by atoms with Crippen molar-refractivity contribution in [2.24, 2.45) is 17.3 Å². The highest BCUT2D eigenvalue weighted by molar-refractivity contribution is 4.85. The van der Waals surface area contributed by atoms with Crippen LogP contribution >= 0.6 is 0 Å². The molecule has 108 valence electrons. The summed E-state index contributed by atoms with van der Waals surface area (Å²) in [4.78, 5) is 0. The molecule has 1 rings (SSSR count). The Morgan fingerprint density at radius 1 is 1.11 bits per heavy atom. The van der Waals surface area contributed by atoms with Crippen molar-refractivity contribution in [3.8, 4) is 0 Å². The highest BCUT2D eigenvalue weighted by Gasteiger charge is 2.31. The molecule has 0 saturated heterocycles. The predicted molar refractivity (Wildman–Crippen MR) is 81.9 cm³/mol. The van der Waals surface area contributed by atoms with Crippen molar-refractivity contribution in [1.29, 1.82) is 0 Å². The van der Waals surface area contributed by atoms with Gasteiger partial charge in [-0.3, -0.25) is 0 Å². The fraction of sp³-hybridized carbons (Fsp3) is 1.00. The summed E-state index contributed by atoms with van der Waals surface area (Å²) in [6, 6.07) is 0.799. The molecule has 1 unspecified atom stereocenters. The maximum absolute atomic E-state index is 3.80. The van der Waals surface area contributed by atoms with Crippen molar-refractivity contribution < 1.29 is 0 Å². The second-order valence-corrected chi connectivity index (χ2v) is 7.19. The standard InChI is InChI=1S/C17H35N/c1-6-8-14(3)13-18-16-11-9-15(10-12-16)17(4,5)7-2/h14-16,18H,6-13H2,1-5H3. The van der Waals surface area contributed by atoms with E-state index in [0.29, 0.717) is 5.41 Å². The molecule has 1 N–H and O–H groups in total. The molecule has 0 aromatic carbocycles. The minimum atomic E-state index is 0.556. The van der Waals surface area contributed by atoms with Gasteiger partial charge in [0.25, 0.3) is 0 Å². The lowest BCUT2D eigenvalue weighted by Crippen LogP contribution is -2.38. The Hall–Kier alpha value is -0.0400. The van der Waals surface area contributed by atoms with E-state index in [9.17, 15) is 0 Å². The second kappa shape index (κ2) is 7.53. The lowest BCUT2D eigenvalue weighted by Gasteiger charge is -2.39. The molecule has 1 nitrogen and oxygen atoms in total. The van der Waals surface area contributed by atoms with E-state index in [0.717, 1.165) is 17.9 Å². The Morgan fingerprint density at radius 2 is 1.72 bits per heavy atom. The van der Waals surface area contributed by atoms with Crippen molar-refractivity contribution in [3.63, 3.8) is 0 Å². The fourth-order valence-corrected chi connectivity index (χ4v) is 3.33. The maximum atomic E-state index is 3.80. The zero-order valence-electron chi connectivity index (χ0n) is 13.4. The molecule has 0 aliphatic heterocycles. The van der Waals surface area contributed by atoms with Gasteiger partial charge in [0.15, 0.2) is 0 Å². The Morgan fingerprint density at radius 3 is 2.22 bits per heavy atom. The SMILES string of the molecule is CCCC(C)CNC1CCC(C(C)(C)CC)CC1. The van der Waals surface area contributed by atoms with Gasteiger partial charge in [0.2, 0.25) is 0 Å². The zero-order chi connectivity index (χ0) is 13.6. The molecule has 0 amide bonds. The summed E-state index contributed by atoms with van der Waals surface area (Å²) in [5.74, 6) is 1.80. The average Bonchev–Trinajstić information content (AvgIpc) is 2.37. The molecule has 1 saturated carbocycles. The van der Waals surface area contributed by atoms with Gasteiger partial charge in [-0.25, -0.2) is 0 Å². The monoisotopic (exact) mass is 253 g/mol. The summed E-state index contributed by atoms with van der Waals surface area (Å²) < 4.78 is 0. The molecule has 0 spiro atoms. The molecule has 0 aromatic rings. The van der Waals surface area contributed by atoms with Crippen molar-refractivity contribution in [1.82, 2.24) is 5.32 Å². The molecule has 18 heavy (non-hydrogen) atoms. The lowest BCUT2D eigenvalue weighted by atomic mass is 9.69. The first-order valence-electron chi connectivity index (χ1n) is 8.23. The molecular weight excluding hydrogens is 218 g/mol. The minimum absolute atomic E-state index is 0.556. The van der Waals surface area contributed by atoms with Crippen LogP contribution in [-0.4, -0.2) is 12.6 Å². The van der Waals surface area contributed by atoms with Gasteiger partial charge in [-0.2, -0.15) is 0 Å². The van der Waals surface area contributed by atoms with E-state index in [1.54, 1.807) is 0 Å². The summed E-state index contributed by atoms with van der Waals surface area (Å²) in [7, 11) is 0. The summed E-state index contributed by atoms with van der Waals surface area (Å²) in [6.07, 6.45) is 9.66. The van der Waals surface area contributed by atoms with Crippen molar-refractivity contribution in [2.75, 3.05) is 6.54 Å². The van der Waals surface area contributed by atoms with E-state index in [-0.39, 0.29) is 0 Å². The summed E-state index contributed by atoms with van der Waals surface area (Å²) in [6.45, 7) is 13.1. The van der Waals surface area contributed by atoms with E-state index in [1.807, 2.05) is 0 Å². The van der Waals surface area contributed by atoms with Crippen LogP contribution in [0, 0.1) is 17.3 Å². The van der Waals surface area contributed by atoms with Crippen LogP contribution < -0.4 is 5.32 Å². The van der Waals surface area contributed by atoms with Crippen molar-refractivity contribution >= 4 is 0 Å². The van der Waals surface area contributed by atoms with E-state index in [4.69, 9.17) is 0 Å². The van der Waals surface area contributed by atoms with E-state index < -0.39 is 0 Å². The molecular formula is C17H35N. The first kappa shape index (κ1) is 16.0. The largest absolute Gasteiger partial charge is 0.314 e. The van der Waals surface area contributed by atoms with Crippen molar-refractivity contribution in [3.05, 3.63) is 0 Å². The van der Waals surface area contributed by atoms with Crippen LogP contribution in [-0.2, 0) is 0 Å². The quantitative estimate of drug-likeness (QED) is 0.672. The number of hydrogen-bond donors (Lipinski definition) is 1. The third kappa shape index (κ3) is 4.91. The van der Waals surface area contributed by atoms with Gasteiger partial charge in [-0.15, -0.1) is 0 Å². The molecule has 1 atom stereocenters. The van der Waals surface area contributed by atoms with E-state index in [2.05, 4.69) is 39.9 Å². The van der Waals surface area contributed by atoms with Gasteiger partial charge >= 0.3 is 0 Å². The summed E-state index contributed by atoms with van der Waals surface area (Å²) in [5, 5.41) is 3.80. The highest BCUT2D eigenvalue weighted by Crippen LogP contribution is 2.40. The third-order valence-electron chi connectivity index (χ3n) is 5.28. The Balaban J connectivity index is 2.23. The smallest absolute Gasteiger partial charge is 0.00673 e. The van der Waals surface area contributed by atoms with Crippen LogP contribution in [0.1, 0.15) is 79.6 Å². The van der Waals surface area contributed by atoms with Gasteiger partial charge in [-0.1, -0.05) is 47.5 Å². The first-order valence-corrected chi connectivity index (χ1v) is 8.23. The van der Waals surface area contributed by atoms with E-state index in [1.165, 1.54) is 51.5 Å². The topological polar surface area (TPSA) is 12.0 Å². The molecule has 1 heteroatoms. The summed E-state index contributed by atoms with van der Waals surface area (Å²) in [5.41, 5.74) is 0.556. The van der Waals surface area contributed by atoms with Crippen LogP contribution in [0.5, 0.6) is 0 Å². The fourth-order valence-electron chi connectivity index (χ4n) is 3.33. The second-order valence-electron chi connectivity index (χ2n) is 7.19. The molecule has 0 bridgehead atoms. The van der Waals surface area contributed by atoms with E-state index >= 15 is 0 Å². The van der Waals surface area contributed by atoms with Crippen LogP contribution in [0.2, 0.25) is 0 Å². The summed E-state index contributed by atoms with van der Waals surface area (Å²) >= 11 is 0. The van der Waals surface area contributed by atoms with Gasteiger partial charge in [0.1, 0.15) is 0 Å². The maximum Gasteiger partial charge on any atom is 0.00673 e. The third-order valence-corrected chi connectivity index (χ3v) is 5.28. The van der Waals surface area contributed by atoms with Crippen LogP contribution in [0.4, 0.5) is 0 Å². The van der Waals surface area contributed by atoms with Gasteiger partial charge in [-0.05, 0) is 55.9 Å². The Kier molecular flexibility index (Phi) is 6.70. The van der Waals surface area contributed by atoms with Gasteiger partial charge < -0.3 is 5.32 Å². The first-order chi connectivity index (χ1) is 8.49. The van der Waals surface area contributed by atoms with Gasteiger partial charge in [0, 0.05) is 6.04 Å². The minimum Gasteiger partial charge on any atom is -0.314 e. The van der Waals surface area contributed by atoms with Gasteiger partial charge in [0.05, 0.1) is 0 Å². The molecule has 0 aromatic heterocycles. The Labute approximate surface area is 115 Å². The molecule has 1 aliphatic carbocycles. The highest BCUT2D eigenvalue weighted by atomic mass is 14.9. The predicted octanol–water partition coefficient (Wildman–Crippen LogP) is 5.01. The number of rotatable bonds is 7. The number of hydrogen-bond acceptors (Lipinski definition) is 1. The van der Waals surface area contributed by atoms with Crippen LogP contribution in [0.25, 0.3) is 0 Å². The molecule has 1 fully saturated rings. The number of nitrogens with one attached hydrogen (secondary N) is 1. The molecule has 0 heterocycles. The average molecular weight is 253 g/mol. The normalized spacial score (nSPS) is 27.2. The van der Waals surface area contributed by atoms with Crippen LogP contribution in [0.3, 0.4) is 0 Å². The molecule has 0 radical (unpaired) electrons. The lowest BCUT2D eigenvalue weighted by molar-refractivity contribution is 0.136.